The number of pyridine rings is 1. The fourth-order valence-electron chi connectivity index (χ4n) is 3.68. The SMILES string of the molecule is CC(C)n1c(Nc2ccc3ncccc3c2)nc2c(NCc3ccccc3)ncnc21. The van der Waals surface area contributed by atoms with Gasteiger partial charge in [-0.05, 0) is 43.7 Å². The van der Waals surface area contributed by atoms with Crippen LogP contribution in [0, 0.1) is 0 Å². The van der Waals surface area contributed by atoms with E-state index in [4.69, 9.17) is 4.98 Å². The second-order valence-electron chi connectivity index (χ2n) is 7.67. The minimum Gasteiger partial charge on any atom is -0.364 e. The topological polar surface area (TPSA) is 80.5 Å². The van der Waals surface area contributed by atoms with E-state index in [2.05, 4.69) is 68.3 Å². The van der Waals surface area contributed by atoms with Gasteiger partial charge in [0, 0.05) is 29.9 Å². The van der Waals surface area contributed by atoms with E-state index in [0.717, 1.165) is 39.5 Å². The van der Waals surface area contributed by atoms with Crippen LogP contribution in [-0.4, -0.2) is 24.5 Å². The van der Waals surface area contributed by atoms with Gasteiger partial charge in [-0.3, -0.25) is 9.55 Å². The van der Waals surface area contributed by atoms with Crippen molar-refractivity contribution in [2.24, 2.45) is 0 Å². The summed E-state index contributed by atoms with van der Waals surface area (Å²) in [6, 6.07) is 20.5. The third-order valence-electron chi connectivity index (χ3n) is 5.16. The predicted octanol–water partition coefficient (Wildman–Crippen LogP) is 5.31. The van der Waals surface area contributed by atoms with E-state index in [9.17, 15) is 0 Å². The zero-order valence-corrected chi connectivity index (χ0v) is 17.4. The minimum absolute atomic E-state index is 0.173. The molecule has 2 aromatic carbocycles. The van der Waals surface area contributed by atoms with Crippen LogP contribution in [0.25, 0.3) is 22.1 Å². The Balaban J connectivity index is 1.51. The largest absolute Gasteiger partial charge is 0.364 e. The summed E-state index contributed by atoms with van der Waals surface area (Å²) in [5, 5.41) is 7.95. The van der Waals surface area contributed by atoms with E-state index in [-0.39, 0.29) is 6.04 Å². The van der Waals surface area contributed by atoms with Gasteiger partial charge < -0.3 is 10.6 Å². The van der Waals surface area contributed by atoms with Crippen molar-refractivity contribution in [3.8, 4) is 0 Å². The molecule has 0 saturated carbocycles. The van der Waals surface area contributed by atoms with Gasteiger partial charge in [0.2, 0.25) is 5.95 Å². The highest BCUT2D eigenvalue weighted by Gasteiger charge is 2.18. The smallest absolute Gasteiger partial charge is 0.210 e. The average Bonchev–Trinajstić information content (AvgIpc) is 3.17. The average molecular weight is 409 g/mol. The first kappa shape index (κ1) is 19.0. The van der Waals surface area contributed by atoms with Gasteiger partial charge in [-0.25, -0.2) is 15.0 Å². The second-order valence-corrected chi connectivity index (χ2v) is 7.67. The van der Waals surface area contributed by atoms with Gasteiger partial charge in [-0.2, -0.15) is 0 Å². The molecule has 0 spiro atoms. The van der Waals surface area contributed by atoms with Gasteiger partial charge in [0.25, 0.3) is 0 Å². The highest BCUT2D eigenvalue weighted by Crippen LogP contribution is 2.29. The van der Waals surface area contributed by atoms with Crippen LogP contribution >= 0.6 is 0 Å². The van der Waals surface area contributed by atoms with E-state index < -0.39 is 0 Å². The Morgan fingerprint density at radius 3 is 2.65 bits per heavy atom. The molecule has 7 nitrogen and oxygen atoms in total. The van der Waals surface area contributed by atoms with Crippen molar-refractivity contribution >= 4 is 39.5 Å². The number of anilines is 3. The Morgan fingerprint density at radius 2 is 1.81 bits per heavy atom. The molecule has 154 valence electrons. The van der Waals surface area contributed by atoms with E-state index >= 15 is 0 Å². The number of nitrogens with one attached hydrogen (secondary N) is 2. The summed E-state index contributed by atoms with van der Waals surface area (Å²) in [5.74, 6) is 1.45. The van der Waals surface area contributed by atoms with Crippen molar-refractivity contribution in [2.45, 2.75) is 26.4 Å². The van der Waals surface area contributed by atoms with Crippen LogP contribution in [0.5, 0.6) is 0 Å². The van der Waals surface area contributed by atoms with Crippen molar-refractivity contribution in [2.75, 3.05) is 10.6 Å². The van der Waals surface area contributed by atoms with Crippen LogP contribution in [0.1, 0.15) is 25.5 Å². The Morgan fingerprint density at radius 1 is 0.935 bits per heavy atom. The molecule has 0 bridgehead atoms. The molecule has 0 aliphatic carbocycles. The molecule has 0 amide bonds. The van der Waals surface area contributed by atoms with Gasteiger partial charge in [0.05, 0.1) is 5.52 Å². The molecule has 0 aliphatic heterocycles. The lowest BCUT2D eigenvalue weighted by Crippen LogP contribution is -2.07. The number of fused-ring (bicyclic) bond motifs is 2. The lowest BCUT2D eigenvalue weighted by atomic mass is 10.2. The highest BCUT2D eigenvalue weighted by atomic mass is 15.3. The fraction of sp³-hybridized carbons (Fsp3) is 0.167. The quantitative estimate of drug-likeness (QED) is 0.395. The van der Waals surface area contributed by atoms with Gasteiger partial charge in [0.1, 0.15) is 6.33 Å². The van der Waals surface area contributed by atoms with E-state index in [0.29, 0.717) is 6.54 Å². The molecule has 0 aliphatic rings. The standard InChI is InChI=1S/C24H23N7/c1-16(2)31-23-21(22(27-15-28-23)26-14-17-7-4-3-5-8-17)30-24(31)29-19-10-11-20-18(13-19)9-6-12-25-20/h3-13,15-16H,14H2,1-2H3,(H,29,30)(H,26,27,28). The van der Waals surface area contributed by atoms with Crippen LogP contribution in [0.3, 0.4) is 0 Å². The highest BCUT2D eigenvalue weighted by molar-refractivity contribution is 5.87. The monoisotopic (exact) mass is 409 g/mol. The summed E-state index contributed by atoms with van der Waals surface area (Å²) >= 11 is 0. The lowest BCUT2D eigenvalue weighted by Gasteiger charge is -2.13. The summed E-state index contributed by atoms with van der Waals surface area (Å²) in [6.07, 6.45) is 3.39. The predicted molar refractivity (Wildman–Crippen MR) is 125 cm³/mol. The summed E-state index contributed by atoms with van der Waals surface area (Å²) < 4.78 is 2.10. The summed E-state index contributed by atoms with van der Waals surface area (Å²) in [6.45, 7) is 4.91. The maximum atomic E-state index is 4.87. The molecule has 3 aromatic heterocycles. The first-order valence-corrected chi connectivity index (χ1v) is 10.3. The third-order valence-corrected chi connectivity index (χ3v) is 5.16. The molecule has 0 radical (unpaired) electrons. The Kier molecular flexibility index (Phi) is 4.92. The first-order valence-electron chi connectivity index (χ1n) is 10.3. The molecular formula is C24H23N7. The first-order chi connectivity index (χ1) is 15.2. The number of rotatable bonds is 6. The normalized spacial score (nSPS) is 11.3. The number of imidazole rings is 1. The van der Waals surface area contributed by atoms with E-state index in [1.54, 1.807) is 12.5 Å². The van der Waals surface area contributed by atoms with Gasteiger partial charge in [-0.15, -0.1) is 0 Å². The van der Waals surface area contributed by atoms with Crippen LogP contribution in [0.4, 0.5) is 17.5 Å². The molecule has 0 unspecified atom stereocenters. The Bertz CT molecular complexity index is 1340. The van der Waals surface area contributed by atoms with Crippen molar-refractivity contribution in [1.82, 2.24) is 24.5 Å². The summed E-state index contributed by atoms with van der Waals surface area (Å²) in [5.41, 5.74) is 4.64. The minimum atomic E-state index is 0.173. The molecule has 5 aromatic rings. The van der Waals surface area contributed by atoms with Crippen LogP contribution in [0.15, 0.2) is 73.2 Å². The molecule has 31 heavy (non-hydrogen) atoms. The summed E-state index contributed by atoms with van der Waals surface area (Å²) in [4.78, 5) is 18.2. The Labute approximate surface area is 180 Å². The lowest BCUT2D eigenvalue weighted by molar-refractivity contribution is 0.620. The summed E-state index contributed by atoms with van der Waals surface area (Å²) in [7, 11) is 0. The van der Waals surface area contributed by atoms with Crippen LogP contribution < -0.4 is 10.6 Å². The van der Waals surface area contributed by atoms with Crippen molar-refractivity contribution in [3.05, 3.63) is 78.8 Å². The fourth-order valence-corrected chi connectivity index (χ4v) is 3.68. The van der Waals surface area contributed by atoms with Crippen molar-refractivity contribution < 1.29 is 0 Å². The molecule has 3 heterocycles. The maximum Gasteiger partial charge on any atom is 0.210 e. The number of nitrogens with zero attached hydrogens (tertiary/aromatic N) is 5. The maximum absolute atomic E-state index is 4.87. The molecule has 7 heteroatoms. The van der Waals surface area contributed by atoms with E-state index in [1.165, 1.54) is 5.56 Å². The van der Waals surface area contributed by atoms with Crippen molar-refractivity contribution in [3.63, 3.8) is 0 Å². The molecule has 0 saturated heterocycles. The zero-order chi connectivity index (χ0) is 21.2. The third kappa shape index (κ3) is 3.77. The second kappa shape index (κ2) is 8.02. The number of benzene rings is 2. The van der Waals surface area contributed by atoms with Crippen LogP contribution in [0.2, 0.25) is 0 Å². The molecule has 2 N–H and O–H groups in total. The Hall–Kier alpha value is -4.00. The number of hydrogen-bond acceptors (Lipinski definition) is 6. The molecular weight excluding hydrogens is 386 g/mol. The molecule has 0 atom stereocenters. The van der Waals surface area contributed by atoms with Crippen molar-refractivity contribution in [1.29, 1.82) is 0 Å². The van der Waals surface area contributed by atoms with Gasteiger partial charge >= 0.3 is 0 Å². The molecule has 5 rings (SSSR count). The number of aromatic nitrogens is 5. The molecule has 0 fully saturated rings. The van der Waals surface area contributed by atoms with E-state index in [1.807, 2.05) is 36.4 Å². The van der Waals surface area contributed by atoms with Crippen LogP contribution in [-0.2, 0) is 6.54 Å². The number of hydrogen-bond donors (Lipinski definition) is 2. The van der Waals surface area contributed by atoms with Gasteiger partial charge in [-0.1, -0.05) is 36.4 Å². The van der Waals surface area contributed by atoms with Gasteiger partial charge in [0.15, 0.2) is 17.0 Å². The zero-order valence-electron chi connectivity index (χ0n) is 17.4.